The zero-order valence-corrected chi connectivity index (χ0v) is 16.2. The van der Waals surface area contributed by atoms with Crippen LogP contribution in [0.25, 0.3) is 0 Å². The molecule has 2 fully saturated rings. The van der Waals surface area contributed by atoms with Crippen LogP contribution >= 0.6 is 11.8 Å². The lowest BCUT2D eigenvalue weighted by Gasteiger charge is -2.36. The molecule has 0 amide bonds. The summed E-state index contributed by atoms with van der Waals surface area (Å²) in [5.41, 5.74) is 1.04. The number of hydrogen-bond donors (Lipinski definition) is 0. The summed E-state index contributed by atoms with van der Waals surface area (Å²) in [6, 6.07) is 4.10. The molecule has 0 N–H and O–H groups in total. The Morgan fingerprint density at radius 2 is 1.54 bits per heavy atom. The first-order chi connectivity index (χ1) is 12.7. The molecule has 0 atom stereocenters. The lowest BCUT2D eigenvalue weighted by Crippen LogP contribution is -2.47. The van der Waals surface area contributed by atoms with Gasteiger partial charge in [-0.3, -0.25) is 0 Å². The first-order valence-electron chi connectivity index (χ1n) is 9.20. The maximum absolute atomic E-state index is 4.86. The Bertz CT molecular complexity index is 755. The van der Waals surface area contributed by atoms with Crippen molar-refractivity contribution in [2.45, 2.75) is 24.9 Å². The molecule has 26 heavy (non-hydrogen) atoms. The molecule has 0 spiro atoms. The number of rotatable bonds is 4. The molecule has 2 aromatic rings. The standard InChI is InChI=1S/C18H25N7S/c1-14-13-16(21-17(20-14)25-7-3-4-8-25)24-11-9-23(10-12-24)15-5-6-19-18(22-15)26-2/h5-6,13H,3-4,7-12H2,1-2H3. The molecular formula is C18H25N7S. The molecule has 2 aliphatic rings. The number of aryl methyl sites for hydroxylation is 1. The number of anilines is 3. The number of piperazine rings is 1. The number of nitrogens with zero attached hydrogens (tertiary/aromatic N) is 7. The normalized spacial score (nSPS) is 17.8. The third-order valence-corrected chi connectivity index (χ3v) is 5.51. The summed E-state index contributed by atoms with van der Waals surface area (Å²) in [5, 5.41) is 0.826. The molecule has 0 radical (unpaired) electrons. The second-order valence-corrected chi connectivity index (χ2v) is 7.51. The van der Waals surface area contributed by atoms with E-state index in [0.29, 0.717) is 0 Å². The smallest absolute Gasteiger partial charge is 0.227 e. The summed E-state index contributed by atoms with van der Waals surface area (Å²) in [6.45, 7) is 7.96. The minimum absolute atomic E-state index is 0.826. The van der Waals surface area contributed by atoms with E-state index in [9.17, 15) is 0 Å². The minimum atomic E-state index is 0.826. The molecule has 2 saturated heterocycles. The number of hydrogen-bond acceptors (Lipinski definition) is 8. The van der Waals surface area contributed by atoms with Crippen molar-refractivity contribution in [3.63, 3.8) is 0 Å². The van der Waals surface area contributed by atoms with Gasteiger partial charge in [0.25, 0.3) is 0 Å². The van der Waals surface area contributed by atoms with E-state index < -0.39 is 0 Å². The third kappa shape index (κ3) is 3.70. The fourth-order valence-corrected chi connectivity index (χ4v) is 3.88. The van der Waals surface area contributed by atoms with E-state index >= 15 is 0 Å². The molecule has 0 saturated carbocycles. The van der Waals surface area contributed by atoms with Crippen LogP contribution in [0.1, 0.15) is 18.5 Å². The van der Waals surface area contributed by atoms with E-state index in [0.717, 1.165) is 67.7 Å². The molecule has 2 aliphatic heterocycles. The zero-order valence-electron chi connectivity index (χ0n) is 15.4. The van der Waals surface area contributed by atoms with E-state index in [1.165, 1.54) is 12.8 Å². The molecule has 0 bridgehead atoms. The highest BCUT2D eigenvalue weighted by molar-refractivity contribution is 7.98. The van der Waals surface area contributed by atoms with Gasteiger partial charge in [0.2, 0.25) is 5.95 Å². The van der Waals surface area contributed by atoms with Crippen molar-refractivity contribution < 1.29 is 0 Å². The quantitative estimate of drug-likeness (QED) is 0.599. The van der Waals surface area contributed by atoms with E-state index in [1.54, 1.807) is 11.8 Å². The zero-order chi connectivity index (χ0) is 17.9. The van der Waals surface area contributed by atoms with Crippen LogP contribution in [-0.2, 0) is 0 Å². The van der Waals surface area contributed by atoms with Gasteiger partial charge in [0.15, 0.2) is 5.16 Å². The Hall–Kier alpha value is -2.09. The average molecular weight is 372 g/mol. The Morgan fingerprint density at radius 3 is 2.23 bits per heavy atom. The second-order valence-electron chi connectivity index (χ2n) is 6.74. The molecule has 4 rings (SSSR count). The van der Waals surface area contributed by atoms with Gasteiger partial charge in [0.05, 0.1) is 0 Å². The van der Waals surface area contributed by atoms with Gasteiger partial charge in [-0.1, -0.05) is 11.8 Å². The second kappa shape index (κ2) is 7.65. The highest BCUT2D eigenvalue weighted by atomic mass is 32.2. The number of aromatic nitrogens is 4. The van der Waals surface area contributed by atoms with Crippen LogP contribution in [0.4, 0.5) is 17.6 Å². The number of thioether (sulfide) groups is 1. The van der Waals surface area contributed by atoms with Gasteiger partial charge in [-0.2, -0.15) is 4.98 Å². The van der Waals surface area contributed by atoms with Crippen LogP contribution in [0.15, 0.2) is 23.5 Å². The molecule has 8 heteroatoms. The van der Waals surface area contributed by atoms with Crippen molar-refractivity contribution in [2.75, 3.05) is 60.2 Å². The fourth-order valence-electron chi connectivity index (χ4n) is 3.53. The van der Waals surface area contributed by atoms with Gasteiger partial charge in [0.1, 0.15) is 11.6 Å². The van der Waals surface area contributed by atoms with Crippen molar-refractivity contribution >= 4 is 29.3 Å². The van der Waals surface area contributed by atoms with Gasteiger partial charge < -0.3 is 14.7 Å². The first-order valence-corrected chi connectivity index (χ1v) is 10.4. The largest absolute Gasteiger partial charge is 0.353 e. The lowest BCUT2D eigenvalue weighted by atomic mass is 10.3. The van der Waals surface area contributed by atoms with Gasteiger partial charge in [-0.25, -0.2) is 15.0 Å². The van der Waals surface area contributed by atoms with Crippen molar-refractivity contribution in [3.8, 4) is 0 Å². The van der Waals surface area contributed by atoms with Gasteiger partial charge in [0, 0.05) is 57.2 Å². The van der Waals surface area contributed by atoms with Crippen LogP contribution < -0.4 is 14.7 Å². The van der Waals surface area contributed by atoms with Gasteiger partial charge >= 0.3 is 0 Å². The van der Waals surface area contributed by atoms with Crippen molar-refractivity contribution in [2.24, 2.45) is 0 Å². The van der Waals surface area contributed by atoms with Crippen LogP contribution in [0.3, 0.4) is 0 Å². The maximum Gasteiger partial charge on any atom is 0.227 e. The van der Waals surface area contributed by atoms with E-state index in [4.69, 9.17) is 4.98 Å². The van der Waals surface area contributed by atoms with E-state index in [2.05, 4.69) is 42.6 Å². The summed E-state index contributed by atoms with van der Waals surface area (Å²) >= 11 is 1.58. The topological polar surface area (TPSA) is 61.3 Å². The van der Waals surface area contributed by atoms with Gasteiger partial charge in [-0.05, 0) is 32.1 Å². The summed E-state index contributed by atoms with van der Waals surface area (Å²) < 4.78 is 0. The molecule has 2 aromatic heterocycles. The summed E-state index contributed by atoms with van der Waals surface area (Å²) in [5.74, 6) is 2.95. The van der Waals surface area contributed by atoms with Crippen molar-refractivity contribution in [3.05, 3.63) is 24.0 Å². The molecule has 138 valence electrons. The van der Waals surface area contributed by atoms with E-state index in [-0.39, 0.29) is 0 Å². The molecule has 0 aliphatic carbocycles. The minimum Gasteiger partial charge on any atom is -0.353 e. The summed E-state index contributed by atoms with van der Waals surface area (Å²) in [7, 11) is 0. The predicted molar refractivity (Wildman–Crippen MR) is 106 cm³/mol. The predicted octanol–water partition coefficient (Wildman–Crippen LogP) is 2.22. The van der Waals surface area contributed by atoms with Gasteiger partial charge in [-0.15, -0.1) is 0 Å². The molecule has 0 aromatic carbocycles. The Balaban J connectivity index is 1.46. The Labute approximate surface area is 158 Å². The highest BCUT2D eigenvalue weighted by Crippen LogP contribution is 2.23. The summed E-state index contributed by atoms with van der Waals surface area (Å²) in [6.07, 6.45) is 6.33. The first kappa shape index (κ1) is 17.3. The van der Waals surface area contributed by atoms with Crippen LogP contribution in [0.2, 0.25) is 0 Å². The third-order valence-electron chi connectivity index (χ3n) is 4.95. The SMILES string of the molecule is CSc1nccc(N2CCN(c3cc(C)nc(N4CCCC4)n3)CC2)n1. The Morgan fingerprint density at radius 1 is 0.846 bits per heavy atom. The monoisotopic (exact) mass is 371 g/mol. The van der Waals surface area contributed by atoms with Crippen LogP contribution in [0.5, 0.6) is 0 Å². The van der Waals surface area contributed by atoms with Crippen molar-refractivity contribution in [1.29, 1.82) is 0 Å². The average Bonchev–Trinajstić information content (AvgIpc) is 3.23. The lowest BCUT2D eigenvalue weighted by molar-refractivity contribution is 0.636. The Kier molecular flexibility index (Phi) is 5.10. The molecule has 0 unspecified atom stereocenters. The molecule has 7 nitrogen and oxygen atoms in total. The maximum atomic E-state index is 4.86. The molecular weight excluding hydrogens is 346 g/mol. The summed E-state index contributed by atoms with van der Waals surface area (Å²) in [4.78, 5) is 25.4. The van der Waals surface area contributed by atoms with E-state index in [1.807, 2.05) is 18.5 Å². The van der Waals surface area contributed by atoms with Crippen LogP contribution in [-0.4, -0.2) is 65.5 Å². The fraction of sp³-hybridized carbons (Fsp3) is 0.556. The van der Waals surface area contributed by atoms with Crippen molar-refractivity contribution in [1.82, 2.24) is 19.9 Å². The molecule has 4 heterocycles. The van der Waals surface area contributed by atoms with Crippen LogP contribution in [0, 0.1) is 6.92 Å². The highest BCUT2D eigenvalue weighted by Gasteiger charge is 2.22.